The van der Waals surface area contributed by atoms with Crippen LogP contribution in [0.1, 0.15) is 17.3 Å². The van der Waals surface area contributed by atoms with Crippen LogP contribution in [0.2, 0.25) is 0 Å². The van der Waals surface area contributed by atoms with Gasteiger partial charge in [-0.2, -0.15) is 18.2 Å². The number of fused-ring (bicyclic) bond motifs is 1. The van der Waals surface area contributed by atoms with Gasteiger partial charge in [-0.05, 0) is 54.6 Å². The number of aliphatic imine (C=N–C) groups is 1. The highest BCUT2D eigenvalue weighted by atomic mass is 19.4. The maximum absolute atomic E-state index is 13.9. The molecule has 0 bridgehead atoms. The minimum atomic E-state index is -4.67. The van der Waals surface area contributed by atoms with Crippen molar-refractivity contribution in [3.05, 3.63) is 84.4 Å². The minimum Gasteiger partial charge on any atom is -0.446 e. The number of carbonyl (C=O) groups excluding carboxylic acids is 1. The van der Waals surface area contributed by atoms with Crippen LogP contribution in [0.25, 0.3) is 0 Å². The number of nitrogens with one attached hydrogen (secondary N) is 2. The van der Waals surface area contributed by atoms with Crippen molar-refractivity contribution in [3.8, 4) is 0 Å². The highest BCUT2D eigenvalue weighted by molar-refractivity contribution is 6.08. The number of alkyl halides is 3. The summed E-state index contributed by atoms with van der Waals surface area (Å²) in [7, 11) is 0. The van der Waals surface area contributed by atoms with Gasteiger partial charge in [-0.3, -0.25) is 0 Å². The smallest absolute Gasteiger partial charge is 0.416 e. The number of benzene rings is 2. The molecule has 0 saturated carbocycles. The number of anilines is 3. The fraction of sp³-hybridized carbons (Fsp3) is 0.0909. The fourth-order valence-electron chi connectivity index (χ4n) is 3.29. The zero-order valence-electron chi connectivity index (χ0n) is 16.9. The monoisotopic (exact) mass is 459 g/mol. The molecule has 2 heterocycles. The Labute approximate surface area is 185 Å². The normalized spacial score (nSPS) is 15.5. The minimum absolute atomic E-state index is 0.315. The van der Waals surface area contributed by atoms with Crippen molar-refractivity contribution in [2.24, 2.45) is 10.7 Å². The van der Waals surface area contributed by atoms with Gasteiger partial charge in [0.1, 0.15) is 17.8 Å². The number of halogens is 4. The molecule has 1 atom stereocenters. The molecule has 3 aromatic rings. The van der Waals surface area contributed by atoms with Crippen LogP contribution in [0.5, 0.6) is 0 Å². The summed E-state index contributed by atoms with van der Waals surface area (Å²) in [6, 6.07) is 8.97. The molecule has 2 amide bonds. The third-order valence-electron chi connectivity index (χ3n) is 4.86. The zero-order valence-corrected chi connectivity index (χ0v) is 16.9. The first kappa shape index (κ1) is 22.1. The molecule has 1 aliphatic rings. The third-order valence-corrected chi connectivity index (χ3v) is 4.86. The molecule has 1 aromatic heterocycles. The second kappa shape index (κ2) is 8.43. The summed E-state index contributed by atoms with van der Waals surface area (Å²) in [5.41, 5.74) is 6.30. The molecule has 0 radical (unpaired) electrons. The second-order valence-corrected chi connectivity index (χ2v) is 6.99. The lowest BCUT2D eigenvalue weighted by molar-refractivity contribution is -0.137. The van der Waals surface area contributed by atoms with Crippen LogP contribution in [-0.2, 0) is 6.18 Å². The van der Waals surface area contributed by atoms with E-state index >= 15 is 0 Å². The molecule has 0 saturated heterocycles. The summed E-state index contributed by atoms with van der Waals surface area (Å²) in [6.07, 6.45) is -2.25. The number of furan rings is 1. The van der Waals surface area contributed by atoms with Crippen molar-refractivity contribution >= 4 is 34.8 Å². The van der Waals surface area contributed by atoms with Gasteiger partial charge in [0.05, 0.1) is 23.1 Å². The first-order chi connectivity index (χ1) is 15.7. The van der Waals surface area contributed by atoms with E-state index in [4.69, 9.17) is 10.2 Å². The molecule has 11 heteroatoms. The Morgan fingerprint density at radius 3 is 2.55 bits per heavy atom. The lowest BCUT2D eigenvalue weighted by Crippen LogP contribution is -2.40. The number of carbonyl (C=O) groups is 1. The van der Waals surface area contributed by atoms with Gasteiger partial charge in [0.25, 0.3) is 0 Å². The molecule has 0 fully saturated rings. The van der Waals surface area contributed by atoms with Crippen LogP contribution < -0.4 is 21.3 Å². The van der Waals surface area contributed by atoms with Gasteiger partial charge in [0.15, 0.2) is 0 Å². The Balaban J connectivity index is 1.48. The summed E-state index contributed by atoms with van der Waals surface area (Å²) < 4.78 is 57.7. The Morgan fingerprint density at radius 1 is 1.15 bits per heavy atom. The van der Waals surface area contributed by atoms with Crippen LogP contribution in [-0.4, -0.2) is 11.9 Å². The molecule has 1 aliphatic heterocycles. The van der Waals surface area contributed by atoms with Crippen molar-refractivity contribution in [1.82, 2.24) is 0 Å². The molecule has 7 nitrogen and oxygen atoms in total. The Kier molecular flexibility index (Phi) is 5.64. The maximum Gasteiger partial charge on any atom is 0.416 e. The molecule has 0 aliphatic carbocycles. The van der Waals surface area contributed by atoms with Crippen molar-refractivity contribution < 1.29 is 26.8 Å². The highest BCUT2D eigenvalue weighted by Crippen LogP contribution is 2.36. The van der Waals surface area contributed by atoms with Gasteiger partial charge in [-0.1, -0.05) is 6.58 Å². The van der Waals surface area contributed by atoms with E-state index in [1.54, 1.807) is 35.2 Å². The third kappa shape index (κ3) is 4.44. The molecular formula is C22H17F4N5O2. The van der Waals surface area contributed by atoms with E-state index in [1.807, 2.05) is 0 Å². The number of hydrogen-bond donors (Lipinski definition) is 3. The summed E-state index contributed by atoms with van der Waals surface area (Å²) in [6.45, 7) is 3.74. The number of nitrogens with two attached hydrogens (primary N) is 1. The van der Waals surface area contributed by atoms with E-state index in [0.29, 0.717) is 46.9 Å². The number of amidine groups is 1. The summed E-state index contributed by atoms with van der Waals surface area (Å²) in [5, 5.41) is 4.52. The summed E-state index contributed by atoms with van der Waals surface area (Å²) in [4.78, 5) is 18.3. The topological polar surface area (TPSA) is 95.9 Å². The molecule has 4 N–H and O–H groups in total. The van der Waals surface area contributed by atoms with Crippen molar-refractivity contribution in [2.75, 3.05) is 15.5 Å². The number of hydrogen-bond acceptors (Lipinski definition) is 5. The van der Waals surface area contributed by atoms with E-state index in [1.165, 1.54) is 12.3 Å². The van der Waals surface area contributed by atoms with Crippen molar-refractivity contribution in [3.63, 3.8) is 0 Å². The molecule has 170 valence electrons. The van der Waals surface area contributed by atoms with Gasteiger partial charge in [-0.15, -0.1) is 0 Å². The van der Waals surface area contributed by atoms with Crippen LogP contribution in [0, 0.1) is 5.82 Å². The molecule has 33 heavy (non-hydrogen) atoms. The number of nitrogens with zero attached hydrogens (tertiary/aromatic N) is 2. The number of urea groups is 1. The van der Waals surface area contributed by atoms with Crippen LogP contribution in [0.15, 0.2) is 76.9 Å². The van der Waals surface area contributed by atoms with Crippen molar-refractivity contribution in [2.45, 2.75) is 12.3 Å². The largest absolute Gasteiger partial charge is 0.446 e. The molecule has 4 rings (SSSR count). The lowest BCUT2D eigenvalue weighted by atomic mass is 10.1. The van der Waals surface area contributed by atoms with Crippen LogP contribution in [0.4, 0.5) is 45.3 Å². The Hall–Kier alpha value is -4.12. The summed E-state index contributed by atoms with van der Waals surface area (Å²) >= 11 is 0. The van der Waals surface area contributed by atoms with Crippen LogP contribution >= 0.6 is 0 Å². The predicted octanol–water partition coefficient (Wildman–Crippen LogP) is 5.78. The van der Waals surface area contributed by atoms with E-state index in [2.05, 4.69) is 22.2 Å². The first-order valence-corrected chi connectivity index (χ1v) is 9.55. The average Bonchev–Trinajstić information content (AvgIpc) is 3.24. The second-order valence-electron chi connectivity index (χ2n) is 6.99. The highest BCUT2D eigenvalue weighted by Gasteiger charge is 2.31. The molecule has 1 unspecified atom stereocenters. The first-order valence-electron chi connectivity index (χ1n) is 9.55. The Morgan fingerprint density at radius 2 is 1.88 bits per heavy atom. The zero-order chi connectivity index (χ0) is 23.8. The number of rotatable bonds is 4. The van der Waals surface area contributed by atoms with E-state index in [-0.39, 0.29) is 0 Å². The van der Waals surface area contributed by atoms with Gasteiger partial charge in [0.2, 0.25) is 5.88 Å². The summed E-state index contributed by atoms with van der Waals surface area (Å²) in [5.74, 6) is -0.142. The van der Waals surface area contributed by atoms with E-state index < -0.39 is 35.4 Å². The van der Waals surface area contributed by atoms with Gasteiger partial charge < -0.3 is 25.7 Å². The van der Waals surface area contributed by atoms with E-state index in [0.717, 1.165) is 0 Å². The standard InChI is InChI=1S/C22H17F4N5O2/c1-2-18-30-20-15(9-10-33-20)19(27)31(18)14-6-4-13(5-7-14)28-21(32)29-17-11-12(22(24,25)26)3-8-16(17)23/h2-11,19H,1,27H2,(H2,28,29,32). The van der Waals surface area contributed by atoms with Crippen molar-refractivity contribution in [1.29, 1.82) is 0 Å². The maximum atomic E-state index is 13.9. The molecule has 0 spiro atoms. The fourth-order valence-corrected chi connectivity index (χ4v) is 3.29. The Bertz CT molecular complexity index is 1230. The van der Waals surface area contributed by atoms with Gasteiger partial charge >= 0.3 is 12.2 Å². The quantitative estimate of drug-likeness (QED) is 0.431. The number of amides is 2. The van der Waals surface area contributed by atoms with E-state index in [9.17, 15) is 22.4 Å². The van der Waals surface area contributed by atoms with Crippen LogP contribution in [0.3, 0.4) is 0 Å². The lowest BCUT2D eigenvalue weighted by Gasteiger charge is -2.33. The SMILES string of the molecule is C=CC1=Nc2occc2C(N)N1c1ccc(NC(=O)Nc2cc(C(F)(F)F)ccc2F)cc1. The molecular weight excluding hydrogens is 442 g/mol. The predicted molar refractivity (Wildman–Crippen MR) is 116 cm³/mol. The van der Waals surface area contributed by atoms with Gasteiger partial charge in [0, 0.05) is 11.4 Å². The molecule has 2 aromatic carbocycles. The average molecular weight is 459 g/mol. The van der Waals surface area contributed by atoms with Gasteiger partial charge in [-0.25, -0.2) is 9.18 Å².